The summed E-state index contributed by atoms with van der Waals surface area (Å²) in [5, 5.41) is 27.6. The number of carbonyl (C=O) groups is 3. The molecule has 2 unspecified atom stereocenters. The van der Waals surface area contributed by atoms with Crippen molar-refractivity contribution in [1.82, 2.24) is 89.9 Å². The van der Waals surface area contributed by atoms with Crippen molar-refractivity contribution in [2.75, 3.05) is 35.6 Å². The Morgan fingerprint density at radius 3 is 0.933 bits per heavy atom. The molecule has 24 nitrogen and oxygen atoms in total. The van der Waals surface area contributed by atoms with Crippen LogP contribution in [-0.4, -0.2) is 166 Å². The molecule has 6 N–H and O–H groups in total. The molecule has 0 radical (unpaired) electrons. The Labute approximate surface area is 518 Å². The van der Waals surface area contributed by atoms with Gasteiger partial charge in [0.1, 0.15) is 19.6 Å². The number of anilines is 6. The van der Waals surface area contributed by atoms with Crippen molar-refractivity contribution in [2.24, 2.45) is 21.1 Å². The van der Waals surface area contributed by atoms with Crippen LogP contribution in [0, 0.1) is 20.8 Å². The van der Waals surface area contributed by atoms with E-state index < -0.39 is 56.3 Å². The van der Waals surface area contributed by atoms with E-state index >= 15 is 0 Å². The highest BCUT2D eigenvalue weighted by atomic mass is 19.4. The van der Waals surface area contributed by atoms with Gasteiger partial charge in [-0.15, -0.1) is 0 Å². The molecule has 6 amide bonds. The summed E-state index contributed by atoms with van der Waals surface area (Å²) in [4.78, 5) is 68.4. The van der Waals surface area contributed by atoms with Crippen molar-refractivity contribution in [2.45, 2.75) is 133 Å². The number of urea groups is 3. The van der Waals surface area contributed by atoms with Crippen molar-refractivity contribution >= 4 is 69.7 Å². The molecule has 6 bridgehead atoms. The number of nitrogens with zero attached hydrogens (tertiary/aromatic N) is 15. The minimum absolute atomic E-state index is 0. The van der Waals surface area contributed by atoms with Gasteiger partial charge < -0.3 is 46.6 Å². The molecule has 6 atom stereocenters. The molecule has 12 rings (SSSR count). The van der Waals surface area contributed by atoms with Crippen molar-refractivity contribution < 1.29 is 62.5 Å². The van der Waals surface area contributed by atoms with E-state index in [1.807, 2.05) is 76.1 Å². The second-order valence-electron chi connectivity index (χ2n) is 22.9. The van der Waals surface area contributed by atoms with Crippen LogP contribution in [0.3, 0.4) is 0 Å². The number of nitrogens with one attached hydrogen (secondary N) is 6. The van der Waals surface area contributed by atoms with E-state index in [2.05, 4.69) is 61.2 Å². The van der Waals surface area contributed by atoms with Gasteiger partial charge >= 0.3 is 36.6 Å². The zero-order valence-corrected chi connectivity index (χ0v) is 49.7. The monoisotopic (exact) mass is 1280 g/mol. The number of alkyl halides is 9. The first-order valence-electron chi connectivity index (χ1n) is 28.9. The fourth-order valence-electron chi connectivity index (χ4n) is 12.1. The fourth-order valence-corrected chi connectivity index (χ4v) is 12.1. The lowest BCUT2D eigenvalue weighted by Gasteiger charge is -2.34. The third kappa shape index (κ3) is 15.7. The lowest BCUT2D eigenvalue weighted by Crippen LogP contribution is -2.50. The number of carbonyl (C=O) groups excluding carboxylic acids is 3. The molecule has 0 aromatic carbocycles. The zero-order chi connectivity index (χ0) is 64.4. The van der Waals surface area contributed by atoms with Gasteiger partial charge in [0.25, 0.3) is 0 Å². The van der Waals surface area contributed by atoms with Gasteiger partial charge in [0.15, 0.2) is 0 Å². The molecular weight excluding hydrogens is 1200 g/mol. The first-order valence-corrected chi connectivity index (χ1v) is 28.9. The second kappa shape index (κ2) is 26.0. The van der Waals surface area contributed by atoms with E-state index in [1.165, 1.54) is 14.7 Å². The average molecular weight is 1280 g/mol. The normalized spacial score (nSPS) is 20.8. The van der Waals surface area contributed by atoms with E-state index in [0.717, 1.165) is 106 Å². The molecule has 0 spiro atoms. The predicted molar refractivity (Wildman–Crippen MR) is 325 cm³/mol. The van der Waals surface area contributed by atoms with Crippen LogP contribution in [0.1, 0.15) is 100 Å². The smallest absolute Gasteiger partial charge is 0.329 e. The van der Waals surface area contributed by atoms with Gasteiger partial charge in [0.05, 0.1) is 70.9 Å². The standard InChI is InChI=1S/3C19H22F3N7O.6H2/c3*1-11-7-23-17(26-13-8-25-28(2)9-13)27-16(11)12-5-14-3-4-15(6-12)29(14)18(30)24-10-19(20,21)22;;;;;;/h3*5,7-9,14-15H,3-4,6,10H2,1-2H3,(H,24,30)(H,23,26,27);6*1H/t2*14-,15+;;;;;;;/m10......./s1. The SMILES string of the molecule is Cc1cnc(Nc2cnn(C)c2)nc1C1=CC2CCC(C1)N2C(=O)NCC(F)(F)F.Cc1cnc(Nc2cnn(C)c2)nc1C1=C[C@@H]2CC[C@H](C1)N2C(=O)NCC(F)(F)F.Cc1cnc(Nc2cnn(C)c2)nc1C1=C[C@H]2CC[C@@H](C1)N2C(=O)NCC(F)(F)F.[HH].[HH].[HH].[HH].[HH].[HH]. The summed E-state index contributed by atoms with van der Waals surface area (Å²) in [6, 6.07) is -3.18. The molecule has 6 aromatic rings. The van der Waals surface area contributed by atoms with Gasteiger partial charge in [-0.1, -0.05) is 18.2 Å². The summed E-state index contributed by atoms with van der Waals surface area (Å²) in [7, 11) is 5.43. The van der Waals surface area contributed by atoms with Crippen LogP contribution < -0.4 is 31.9 Å². The Kier molecular flexibility index (Phi) is 18.4. The highest BCUT2D eigenvalue weighted by molar-refractivity contribution is 5.81. The van der Waals surface area contributed by atoms with Crippen LogP contribution in [0.4, 0.5) is 88.8 Å². The van der Waals surface area contributed by atoms with Crippen molar-refractivity contribution in [3.8, 4) is 0 Å². The summed E-state index contributed by atoms with van der Waals surface area (Å²) < 4.78 is 117. The molecule has 6 aromatic heterocycles. The van der Waals surface area contributed by atoms with Crippen LogP contribution in [0.5, 0.6) is 0 Å². The molecule has 12 heterocycles. The van der Waals surface area contributed by atoms with Crippen LogP contribution >= 0.6 is 0 Å². The van der Waals surface area contributed by atoms with E-state index in [1.54, 1.807) is 69.8 Å². The largest absolute Gasteiger partial charge is 0.405 e. The average Bonchev–Trinajstić information content (AvgIpc) is 1.51. The van der Waals surface area contributed by atoms with Crippen LogP contribution in [0.2, 0.25) is 0 Å². The maximum atomic E-state index is 12.4. The van der Waals surface area contributed by atoms with Gasteiger partial charge in [-0.2, -0.15) is 54.8 Å². The maximum Gasteiger partial charge on any atom is 0.405 e. The second-order valence-corrected chi connectivity index (χ2v) is 22.9. The van der Waals surface area contributed by atoms with Crippen molar-refractivity contribution in [3.63, 3.8) is 0 Å². The van der Waals surface area contributed by atoms with Gasteiger partial charge in [0.2, 0.25) is 17.8 Å². The number of hydrogen-bond donors (Lipinski definition) is 6. The summed E-state index contributed by atoms with van der Waals surface area (Å²) >= 11 is 0. The molecule has 6 aliphatic rings. The highest BCUT2D eigenvalue weighted by Gasteiger charge is 2.44. The van der Waals surface area contributed by atoms with Crippen LogP contribution in [-0.2, 0) is 21.1 Å². The predicted octanol–water partition coefficient (Wildman–Crippen LogP) is 10.9. The molecule has 0 aliphatic carbocycles. The first-order chi connectivity index (χ1) is 42.6. The first kappa shape index (κ1) is 63.7. The molecule has 33 heteroatoms. The number of fused-ring (bicyclic) bond motifs is 6. The quantitative estimate of drug-likeness (QED) is 0.0622. The maximum absolute atomic E-state index is 12.4. The number of halogens is 9. The fraction of sp³-hybridized carbons (Fsp3) is 0.474. The van der Waals surface area contributed by atoms with Gasteiger partial charge in [-0.05, 0) is 112 Å². The van der Waals surface area contributed by atoms with Crippen molar-refractivity contribution in [3.05, 3.63) is 108 Å². The molecule has 90 heavy (non-hydrogen) atoms. The third-order valence-electron chi connectivity index (χ3n) is 15.9. The summed E-state index contributed by atoms with van der Waals surface area (Å²) in [6.45, 7) is 1.75. The number of amides is 6. The summed E-state index contributed by atoms with van der Waals surface area (Å²) in [5.41, 5.74) is 10.3. The van der Waals surface area contributed by atoms with Crippen LogP contribution in [0.15, 0.2) is 74.0 Å². The Balaban J connectivity index is 0.000000297. The van der Waals surface area contributed by atoms with Crippen LogP contribution in [0.25, 0.3) is 16.7 Å². The third-order valence-corrected chi connectivity index (χ3v) is 15.9. The minimum atomic E-state index is -4.43. The molecule has 3 fully saturated rings. The van der Waals surface area contributed by atoms with Gasteiger partial charge in [-0.3, -0.25) is 14.0 Å². The van der Waals surface area contributed by atoms with Gasteiger partial charge in [-0.25, -0.2) is 44.3 Å². The van der Waals surface area contributed by atoms with E-state index in [-0.39, 0.29) is 44.8 Å². The Morgan fingerprint density at radius 2 is 0.711 bits per heavy atom. The topological polar surface area (TPSA) is 264 Å². The lowest BCUT2D eigenvalue weighted by atomic mass is 9.96. The van der Waals surface area contributed by atoms with E-state index in [0.29, 0.717) is 37.1 Å². The molecule has 3 saturated heterocycles. The Hall–Kier alpha value is -9.33. The molecular formula is C57H78F9N21O3. The number of aryl methyl sites for hydroxylation is 6. The summed E-state index contributed by atoms with van der Waals surface area (Å²) in [5.74, 6) is 1.30. The molecule has 0 saturated carbocycles. The Bertz CT molecular complexity index is 3360. The number of aromatic nitrogens is 12. The highest BCUT2D eigenvalue weighted by Crippen LogP contribution is 2.42. The minimum Gasteiger partial charge on any atom is -0.329 e. The number of hydrogen-bond acceptors (Lipinski definition) is 15. The molecule has 6 aliphatic heterocycles. The molecule has 492 valence electrons. The van der Waals surface area contributed by atoms with Crippen molar-refractivity contribution in [1.29, 1.82) is 0 Å². The van der Waals surface area contributed by atoms with E-state index in [9.17, 15) is 53.9 Å². The summed E-state index contributed by atoms with van der Waals surface area (Å²) in [6.07, 6.45) is 14.2. The van der Waals surface area contributed by atoms with E-state index in [4.69, 9.17) is 0 Å². The lowest BCUT2D eigenvalue weighted by molar-refractivity contribution is -0.124. The van der Waals surface area contributed by atoms with Gasteiger partial charge in [0, 0.05) is 85.0 Å². The number of rotatable bonds is 12. The Morgan fingerprint density at radius 1 is 0.444 bits per heavy atom. The zero-order valence-electron chi connectivity index (χ0n) is 49.7.